The Morgan fingerprint density at radius 3 is 2.50 bits per heavy atom. The van der Waals surface area contributed by atoms with Crippen LogP contribution in [0.5, 0.6) is 0 Å². The van der Waals surface area contributed by atoms with Crippen LogP contribution >= 0.6 is 11.3 Å². The van der Waals surface area contributed by atoms with E-state index in [1.54, 1.807) is 11.3 Å². The molecule has 1 nitrogen and oxygen atoms in total. The van der Waals surface area contributed by atoms with Gasteiger partial charge in [-0.2, -0.15) is 0 Å². The molecule has 0 aliphatic carbocycles. The third kappa shape index (κ3) is 1.84. The molecule has 0 saturated heterocycles. The second-order valence-corrected chi connectivity index (χ2v) is 5.60. The summed E-state index contributed by atoms with van der Waals surface area (Å²) in [6.45, 7) is 2.13. The van der Waals surface area contributed by atoms with Crippen LogP contribution in [-0.4, -0.2) is 0 Å². The molecule has 1 aromatic heterocycles. The molecular weight excluding hydrogens is 238 g/mol. The van der Waals surface area contributed by atoms with Gasteiger partial charge < -0.3 is 5.73 Å². The zero-order valence-corrected chi connectivity index (χ0v) is 11.1. The van der Waals surface area contributed by atoms with Gasteiger partial charge in [-0.1, -0.05) is 42.5 Å². The first-order chi connectivity index (χ1) is 8.77. The summed E-state index contributed by atoms with van der Waals surface area (Å²) >= 11 is 1.75. The lowest BCUT2D eigenvalue weighted by Crippen LogP contribution is -2.12. The molecule has 0 radical (unpaired) electrons. The molecule has 0 aliphatic rings. The van der Waals surface area contributed by atoms with Crippen molar-refractivity contribution in [1.29, 1.82) is 0 Å². The Morgan fingerprint density at radius 1 is 0.944 bits per heavy atom. The molecule has 2 aromatic carbocycles. The second-order valence-electron chi connectivity index (χ2n) is 4.48. The Balaban J connectivity index is 2.18. The van der Waals surface area contributed by atoms with Gasteiger partial charge in [0.05, 0.1) is 6.04 Å². The number of benzene rings is 2. The normalized spacial score (nSPS) is 12.8. The van der Waals surface area contributed by atoms with Gasteiger partial charge in [-0.25, -0.2) is 0 Å². The maximum atomic E-state index is 6.43. The van der Waals surface area contributed by atoms with Crippen molar-refractivity contribution >= 4 is 22.1 Å². The first kappa shape index (κ1) is 11.5. The smallest absolute Gasteiger partial charge is 0.0568 e. The third-order valence-corrected chi connectivity index (χ3v) is 4.25. The van der Waals surface area contributed by atoms with Gasteiger partial charge >= 0.3 is 0 Å². The predicted octanol–water partition coefficient (Wildman–Crippen LogP) is 4.26. The van der Waals surface area contributed by atoms with Crippen LogP contribution in [-0.2, 0) is 0 Å². The molecule has 1 unspecified atom stereocenters. The molecule has 0 spiro atoms. The molecule has 3 rings (SSSR count). The lowest BCUT2D eigenvalue weighted by Gasteiger charge is -2.15. The van der Waals surface area contributed by atoms with Crippen LogP contribution in [0.25, 0.3) is 10.8 Å². The minimum Gasteiger partial charge on any atom is -0.320 e. The topological polar surface area (TPSA) is 26.0 Å². The summed E-state index contributed by atoms with van der Waals surface area (Å²) in [4.78, 5) is 1.30. The first-order valence-corrected chi connectivity index (χ1v) is 6.92. The molecule has 2 heteroatoms. The first-order valence-electron chi connectivity index (χ1n) is 6.04. The fraction of sp³-hybridized carbons (Fsp3) is 0.125. The molecular formula is C16H15NS. The molecule has 0 fully saturated rings. The van der Waals surface area contributed by atoms with Crippen molar-refractivity contribution in [3.8, 4) is 0 Å². The number of hydrogen-bond acceptors (Lipinski definition) is 2. The number of hydrogen-bond donors (Lipinski definition) is 1. The maximum Gasteiger partial charge on any atom is 0.0568 e. The lowest BCUT2D eigenvalue weighted by atomic mass is 9.95. The molecule has 3 aromatic rings. The molecule has 1 heterocycles. The van der Waals surface area contributed by atoms with Crippen LogP contribution in [0.1, 0.15) is 22.0 Å². The van der Waals surface area contributed by atoms with Gasteiger partial charge in [0, 0.05) is 4.88 Å². The fourth-order valence-corrected chi connectivity index (χ4v) is 3.16. The average molecular weight is 253 g/mol. The van der Waals surface area contributed by atoms with Crippen molar-refractivity contribution < 1.29 is 0 Å². The highest BCUT2D eigenvalue weighted by Crippen LogP contribution is 2.30. The van der Waals surface area contributed by atoms with E-state index in [1.165, 1.54) is 26.8 Å². The Hall–Kier alpha value is -1.64. The van der Waals surface area contributed by atoms with Gasteiger partial charge in [0.1, 0.15) is 0 Å². The van der Waals surface area contributed by atoms with Crippen molar-refractivity contribution in [3.05, 3.63) is 69.9 Å². The molecule has 18 heavy (non-hydrogen) atoms. The Labute approximate surface area is 111 Å². The van der Waals surface area contributed by atoms with Gasteiger partial charge in [0.15, 0.2) is 0 Å². The fourth-order valence-electron chi connectivity index (χ4n) is 2.41. The number of fused-ring (bicyclic) bond motifs is 1. The molecule has 0 amide bonds. The predicted molar refractivity (Wildman–Crippen MR) is 79.0 cm³/mol. The number of rotatable bonds is 2. The zero-order chi connectivity index (χ0) is 12.5. The molecule has 0 aliphatic heterocycles. The van der Waals surface area contributed by atoms with Crippen molar-refractivity contribution in [3.63, 3.8) is 0 Å². The van der Waals surface area contributed by atoms with E-state index in [2.05, 4.69) is 60.8 Å². The maximum absolute atomic E-state index is 6.43. The minimum atomic E-state index is -0.0395. The molecule has 0 saturated carbocycles. The Kier molecular flexibility index (Phi) is 2.90. The zero-order valence-electron chi connectivity index (χ0n) is 10.3. The van der Waals surface area contributed by atoms with Crippen LogP contribution in [0.2, 0.25) is 0 Å². The van der Waals surface area contributed by atoms with Gasteiger partial charge in [-0.05, 0) is 40.3 Å². The summed E-state index contributed by atoms with van der Waals surface area (Å²) in [6, 6.07) is 16.8. The Bertz CT molecular complexity index is 679. The second kappa shape index (κ2) is 4.56. The van der Waals surface area contributed by atoms with E-state index in [-0.39, 0.29) is 6.04 Å². The highest BCUT2D eigenvalue weighted by Gasteiger charge is 2.14. The van der Waals surface area contributed by atoms with Crippen molar-refractivity contribution in [1.82, 2.24) is 0 Å². The van der Waals surface area contributed by atoms with Gasteiger partial charge in [0.2, 0.25) is 0 Å². The average Bonchev–Trinajstić information content (AvgIpc) is 2.83. The minimum absolute atomic E-state index is 0.0395. The summed E-state index contributed by atoms with van der Waals surface area (Å²) in [7, 11) is 0. The molecule has 2 N–H and O–H groups in total. The summed E-state index contributed by atoms with van der Waals surface area (Å²) in [5, 5.41) is 4.60. The van der Waals surface area contributed by atoms with Crippen molar-refractivity contribution in [2.24, 2.45) is 5.73 Å². The van der Waals surface area contributed by atoms with E-state index < -0.39 is 0 Å². The SMILES string of the molecule is Cc1sccc1C(N)c1cccc2ccccc12. The van der Waals surface area contributed by atoms with Gasteiger partial charge in [0.25, 0.3) is 0 Å². The van der Waals surface area contributed by atoms with E-state index in [9.17, 15) is 0 Å². The van der Waals surface area contributed by atoms with Crippen LogP contribution in [0.15, 0.2) is 53.9 Å². The van der Waals surface area contributed by atoms with Crippen LogP contribution in [0.3, 0.4) is 0 Å². The van der Waals surface area contributed by atoms with Gasteiger partial charge in [-0.3, -0.25) is 0 Å². The summed E-state index contributed by atoms with van der Waals surface area (Å²) in [5.74, 6) is 0. The number of thiophene rings is 1. The summed E-state index contributed by atoms with van der Waals surface area (Å²) < 4.78 is 0. The van der Waals surface area contributed by atoms with Crippen LogP contribution in [0.4, 0.5) is 0 Å². The quantitative estimate of drug-likeness (QED) is 0.725. The lowest BCUT2D eigenvalue weighted by molar-refractivity contribution is 0.878. The summed E-state index contributed by atoms with van der Waals surface area (Å²) in [6.07, 6.45) is 0. The van der Waals surface area contributed by atoms with E-state index in [1.807, 2.05) is 0 Å². The highest BCUT2D eigenvalue weighted by atomic mass is 32.1. The van der Waals surface area contributed by atoms with Crippen LogP contribution < -0.4 is 5.73 Å². The number of aryl methyl sites for hydroxylation is 1. The largest absolute Gasteiger partial charge is 0.320 e. The van der Waals surface area contributed by atoms with Crippen molar-refractivity contribution in [2.75, 3.05) is 0 Å². The number of nitrogens with two attached hydrogens (primary N) is 1. The molecule has 1 atom stereocenters. The third-order valence-electron chi connectivity index (χ3n) is 3.39. The highest BCUT2D eigenvalue weighted by molar-refractivity contribution is 7.10. The van der Waals surface area contributed by atoms with E-state index in [0.29, 0.717) is 0 Å². The van der Waals surface area contributed by atoms with Crippen molar-refractivity contribution in [2.45, 2.75) is 13.0 Å². The molecule has 0 bridgehead atoms. The van der Waals surface area contributed by atoms with Crippen LogP contribution in [0, 0.1) is 6.92 Å². The van der Waals surface area contributed by atoms with Gasteiger partial charge in [-0.15, -0.1) is 11.3 Å². The monoisotopic (exact) mass is 253 g/mol. The van der Waals surface area contributed by atoms with E-state index in [0.717, 1.165) is 0 Å². The summed E-state index contributed by atoms with van der Waals surface area (Å²) in [5.41, 5.74) is 8.87. The van der Waals surface area contributed by atoms with E-state index >= 15 is 0 Å². The standard InChI is InChI=1S/C16H15NS/c1-11-13(9-10-18-11)16(17)15-8-4-6-12-5-2-3-7-14(12)15/h2-10,16H,17H2,1H3. The molecule has 90 valence electrons. The Morgan fingerprint density at radius 2 is 1.72 bits per heavy atom. The van der Waals surface area contributed by atoms with E-state index in [4.69, 9.17) is 5.73 Å².